The van der Waals surface area contributed by atoms with Crippen molar-refractivity contribution in [1.29, 1.82) is 0 Å². The van der Waals surface area contributed by atoms with E-state index < -0.39 is 0 Å². The molecule has 0 bridgehead atoms. The third-order valence-electron chi connectivity index (χ3n) is 3.55. The Hall–Kier alpha value is -1.87. The van der Waals surface area contributed by atoms with Gasteiger partial charge in [-0.15, -0.1) is 0 Å². The quantitative estimate of drug-likeness (QED) is 0.908. The largest absolute Gasteiger partial charge is 0.348 e. The van der Waals surface area contributed by atoms with Crippen LogP contribution < -0.4 is 10.2 Å². The van der Waals surface area contributed by atoms with Crippen molar-refractivity contribution in [1.82, 2.24) is 10.3 Å². The number of hydrogen-bond acceptors (Lipinski definition) is 3. The number of fused-ring (bicyclic) bond motifs is 1. The molecule has 1 aromatic heterocycles. The molecule has 0 aliphatic carbocycles. The topological polar surface area (TPSA) is 28.2 Å². The van der Waals surface area contributed by atoms with Crippen LogP contribution in [0.5, 0.6) is 0 Å². The zero-order valence-corrected chi connectivity index (χ0v) is 11.3. The van der Waals surface area contributed by atoms with Crippen LogP contribution in [0.4, 0.5) is 5.82 Å². The molecule has 1 aliphatic heterocycles. The van der Waals surface area contributed by atoms with E-state index in [2.05, 4.69) is 58.5 Å². The summed E-state index contributed by atoms with van der Waals surface area (Å²) in [7, 11) is 0. The van der Waals surface area contributed by atoms with Crippen LogP contribution in [0.15, 0.2) is 42.6 Å². The monoisotopic (exact) mass is 253 g/mol. The van der Waals surface area contributed by atoms with Crippen LogP contribution in [-0.2, 0) is 19.6 Å². The predicted molar refractivity (Wildman–Crippen MR) is 77.9 cm³/mol. The predicted octanol–water partition coefficient (Wildman–Crippen LogP) is 2.71. The third kappa shape index (κ3) is 2.61. The van der Waals surface area contributed by atoms with Gasteiger partial charge < -0.3 is 10.2 Å². The van der Waals surface area contributed by atoms with Gasteiger partial charge in [-0.1, -0.05) is 31.2 Å². The van der Waals surface area contributed by atoms with E-state index in [1.807, 2.05) is 6.20 Å². The minimum absolute atomic E-state index is 0.910. The maximum atomic E-state index is 4.51. The Balaban J connectivity index is 1.77. The summed E-state index contributed by atoms with van der Waals surface area (Å²) >= 11 is 0. The number of benzene rings is 1. The second-order valence-corrected chi connectivity index (χ2v) is 4.93. The van der Waals surface area contributed by atoms with E-state index in [4.69, 9.17) is 0 Å². The molecular formula is C16H19N3. The van der Waals surface area contributed by atoms with Crippen LogP contribution in [0.25, 0.3) is 0 Å². The lowest BCUT2D eigenvalue weighted by molar-refractivity contribution is 0.724. The smallest absolute Gasteiger partial charge is 0.129 e. The van der Waals surface area contributed by atoms with E-state index >= 15 is 0 Å². The highest BCUT2D eigenvalue weighted by Gasteiger charge is 2.19. The molecule has 1 N–H and O–H groups in total. The number of nitrogens with one attached hydrogen (secondary N) is 1. The number of hydrogen-bond donors (Lipinski definition) is 1. The van der Waals surface area contributed by atoms with E-state index in [0.29, 0.717) is 0 Å². The summed E-state index contributed by atoms with van der Waals surface area (Å²) < 4.78 is 0. The number of rotatable bonds is 4. The van der Waals surface area contributed by atoms with E-state index in [1.54, 1.807) is 0 Å². The molecule has 0 atom stereocenters. The molecule has 0 amide bonds. The van der Waals surface area contributed by atoms with Gasteiger partial charge in [0.25, 0.3) is 0 Å². The Morgan fingerprint density at radius 1 is 1.16 bits per heavy atom. The second kappa shape index (κ2) is 5.41. The summed E-state index contributed by atoms with van der Waals surface area (Å²) in [6.45, 7) is 5.96. The molecule has 2 aromatic rings. The molecule has 19 heavy (non-hydrogen) atoms. The third-order valence-corrected chi connectivity index (χ3v) is 3.55. The van der Waals surface area contributed by atoms with Crippen LogP contribution in [0.1, 0.15) is 23.6 Å². The number of pyridine rings is 1. The fourth-order valence-corrected chi connectivity index (χ4v) is 2.51. The summed E-state index contributed by atoms with van der Waals surface area (Å²) in [5.74, 6) is 1.08. The Kier molecular flexibility index (Phi) is 3.47. The van der Waals surface area contributed by atoms with Crippen molar-refractivity contribution in [2.24, 2.45) is 0 Å². The fourth-order valence-electron chi connectivity index (χ4n) is 2.51. The standard InChI is InChI=1S/C16H19N3/c1-2-17-10-13-7-8-18-16(9-13)19-11-14-5-3-4-6-15(14)12-19/h3-9,17H,2,10-12H2,1H3. The van der Waals surface area contributed by atoms with Crippen LogP contribution in [0, 0.1) is 0 Å². The average Bonchev–Trinajstić information content (AvgIpc) is 2.89. The first kappa shape index (κ1) is 12.2. The van der Waals surface area contributed by atoms with Crippen molar-refractivity contribution in [3.63, 3.8) is 0 Å². The molecule has 0 spiro atoms. The first-order valence-electron chi connectivity index (χ1n) is 6.84. The summed E-state index contributed by atoms with van der Waals surface area (Å²) in [4.78, 5) is 6.84. The summed E-state index contributed by atoms with van der Waals surface area (Å²) in [5.41, 5.74) is 4.13. The van der Waals surface area contributed by atoms with Gasteiger partial charge in [-0.05, 0) is 35.4 Å². The summed E-state index contributed by atoms with van der Waals surface area (Å²) in [6, 6.07) is 12.9. The normalized spacial score (nSPS) is 13.6. The minimum Gasteiger partial charge on any atom is -0.348 e. The van der Waals surface area contributed by atoms with Gasteiger partial charge in [-0.2, -0.15) is 0 Å². The van der Waals surface area contributed by atoms with E-state index in [-0.39, 0.29) is 0 Å². The van der Waals surface area contributed by atoms with Crippen molar-refractivity contribution in [2.75, 3.05) is 11.4 Å². The van der Waals surface area contributed by atoms with E-state index in [1.165, 1.54) is 16.7 Å². The molecule has 2 heterocycles. The lowest BCUT2D eigenvalue weighted by Gasteiger charge is -2.17. The first-order valence-corrected chi connectivity index (χ1v) is 6.84. The molecule has 3 heteroatoms. The van der Waals surface area contributed by atoms with Crippen LogP contribution in [-0.4, -0.2) is 11.5 Å². The molecule has 1 aliphatic rings. The molecule has 0 fully saturated rings. The lowest BCUT2D eigenvalue weighted by atomic mass is 10.1. The fraction of sp³-hybridized carbons (Fsp3) is 0.312. The van der Waals surface area contributed by atoms with Gasteiger partial charge in [0, 0.05) is 25.8 Å². The highest BCUT2D eigenvalue weighted by Crippen LogP contribution is 2.26. The molecule has 1 aromatic carbocycles. The number of anilines is 1. The molecule has 3 rings (SSSR count). The molecule has 0 saturated carbocycles. The van der Waals surface area contributed by atoms with Crippen LogP contribution in [0.3, 0.4) is 0 Å². The van der Waals surface area contributed by atoms with E-state index in [9.17, 15) is 0 Å². The van der Waals surface area contributed by atoms with Crippen molar-refractivity contribution in [3.8, 4) is 0 Å². The molecule has 0 radical (unpaired) electrons. The molecular weight excluding hydrogens is 234 g/mol. The van der Waals surface area contributed by atoms with Gasteiger partial charge in [0.15, 0.2) is 0 Å². The van der Waals surface area contributed by atoms with Gasteiger partial charge >= 0.3 is 0 Å². The van der Waals surface area contributed by atoms with Crippen LogP contribution >= 0.6 is 0 Å². The highest BCUT2D eigenvalue weighted by molar-refractivity contribution is 5.48. The van der Waals surface area contributed by atoms with E-state index in [0.717, 1.165) is 32.0 Å². The minimum atomic E-state index is 0.910. The molecule has 0 unspecified atom stereocenters. The Morgan fingerprint density at radius 3 is 2.58 bits per heavy atom. The molecule has 98 valence electrons. The second-order valence-electron chi connectivity index (χ2n) is 4.93. The SMILES string of the molecule is CCNCc1ccnc(N2Cc3ccccc3C2)c1. The summed E-state index contributed by atoms with van der Waals surface area (Å²) in [5, 5.41) is 3.35. The Labute approximate surface area is 114 Å². The Morgan fingerprint density at radius 2 is 1.89 bits per heavy atom. The van der Waals surface area contributed by atoms with Crippen molar-refractivity contribution < 1.29 is 0 Å². The first-order chi connectivity index (χ1) is 9.36. The van der Waals surface area contributed by atoms with Crippen molar-refractivity contribution in [3.05, 3.63) is 59.3 Å². The number of nitrogens with zero attached hydrogens (tertiary/aromatic N) is 2. The van der Waals surface area contributed by atoms with Gasteiger partial charge in [0.2, 0.25) is 0 Å². The van der Waals surface area contributed by atoms with Crippen LogP contribution in [0.2, 0.25) is 0 Å². The maximum Gasteiger partial charge on any atom is 0.129 e. The zero-order chi connectivity index (χ0) is 13.1. The van der Waals surface area contributed by atoms with Crippen molar-refractivity contribution >= 4 is 5.82 Å². The highest BCUT2D eigenvalue weighted by atomic mass is 15.2. The van der Waals surface area contributed by atoms with Gasteiger partial charge in [0.1, 0.15) is 5.82 Å². The maximum absolute atomic E-state index is 4.51. The number of aromatic nitrogens is 1. The molecule has 3 nitrogen and oxygen atoms in total. The van der Waals surface area contributed by atoms with Gasteiger partial charge in [0.05, 0.1) is 0 Å². The van der Waals surface area contributed by atoms with Gasteiger partial charge in [-0.3, -0.25) is 0 Å². The summed E-state index contributed by atoms with van der Waals surface area (Å²) in [6.07, 6.45) is 1.91. The lowest BCUT2D eigenvalue weighted by Crippen LogP contribution is -2.17. The average molecular weight is 253 g/mol. The molecule has 0 saturated heterocycles. The Bertz CT molecular complexity index is 540. The zero-order valence-electron chi connectivity index (χ0n) is 11.3. The van der Waals surface area contributed by atoms with Gasteiger partial charge in [-0.25, -0.2) is 4.98 Å². The van der Waals surface area contributed by atoms with Crippen molar-refractivity contribution in [2.45, 2.75) is 26.6 Å².